The molecule has 0 radical (unpaired) electrons. The van der Waals surface area contributed by atoms with Crippen LogP contribution in [-0.4, -0.2) is 36.0 Å². The Kier molecular flexibility index (Phi) is 5.55. The highest BCUT2D eigenvalue weighted by atomic mass is 16.5. The van der Waals surface area contributed by atoms with Gasteiger partial charge in [0.2, 0.25) is 5.91 Å². The number of piperidine rings is 1. The minimum atomic E-state index is -0.220. The second-order valence-corrected chi connectivity index (χ2v) is 6.98. The molecule has 2 aliphatic rings. The lowest BCUT2D eigenvalue weighted by Gasteiger charge is -2.43. The summed E-state index contributed by atoms with van der Waals surface area (Å²) in [6, 6.07) is 10.6. The summed E-state index contributed by atoms with van der Waals surface area (Å²) in [6.45, 7) is 2.00. The third-order valence-electron chi connectivity index (χ3n) is 5.28. The smallest absolute Gasteiger partial charge is 0.217 e. The number of nitrogens with two attached hydrogens (primary N) is 1. The summed E-state index contributed by atoms with van der Waals surface area (Å²) < 4.78 is 6.17. The van der Waals surface area contributed by atoms with Gasteiger partial charge < -0.3 is 10.5 Å². The molecule has 0 bridgehead atoms. The lowest BCUT2D eigenvalue weighted by Crippen LogP contribution is -2.50. The number of carbonyl (C=O) groups excluding carboxylic acids is 1. The number of primary amides is 1. The van der Waals surface area contributed by atoms with Crippen molar-refractivity contribution in [1.29, 1.82) is 0 Å². The molecule has 1 heterocycles. The largest absolute Gasteiger partial charge is 0.490 e. The molecule has 1 amide bonds. The molecule has 2 N–H and O–H groups in total. The van der Waals surface area contributed by atoms with E-state index in [2.05, 4.69) is 4.90 Å². The van der Waals surface area contributed by atoms with E-state index in [0.29, 0.717) is 12.5 Å². The number of benzene rings is 1. The van der Waals surface area contributed by atoms with Gasteiger partial charge in [0.1, 0.15) is 11.9 Å². The van der Waals surface area contributed by atoms with Crippen molar-refractivity contribution in [3.63, 3.8) is 0 Å². The summed E-state index contributed by atoms with van der Waals surface area (Å²) in [4.78, 5) is 14.1. The van der Waals surface area contributed by atoms with Crippen molar-refractivity contribution in [3.05, 3.63) is 30.3 Å². The highest BCUT2D eigenvalue weighted by molar-refractivity contribution is 5.74. The molecule has 3 rings (SSSR count). The summed E-state index contributed by atoms with van der Waals surface area (Å²) in [5.74, 6) is 0.864. The fourth-order valence-electron chi connectivity index (χ4n) is 4.10. The highest BCUT2D eigenvalue weighted by Crippen LogP contribution is 2.30. The minimum absolute atomic E-state index is 0.0877. The first-order valence-electron chi connectivity index (χ1n) is 8.96. The Bertz CT molecular complexity index is 499. The minimum Gasteiger partial charge on any atom is -0.490 e. The molecular formula is C19H28N2O2. The fourth-order valence-corrected chi connectivity index (χ4v) is 4.10. The Labute approximate surface area is 139 Å². The van der Waals surface area contributed by atoms with Crippen LogP contribution in [0.15, 0.2) is 30.3 Å². The first kappa shape index (κ1) is 16.3. The van der Waals surface area contributed by atoms with E-state index in [0.717, 1.165) is 25.3 Å². The van der Waals surface area contributed by atoms with Crippen molar-refractivity contribution >= 4 is 5.91 Å². The predicted octanol–water partition coefficient (Wildman–Crippen LogP) is 2.96. The Morgan fingerprint density at radius 1 is 1.13 bits per heavy atom. The molecule has 2 atom stereocenters. The quantitative estimate of drug-likeness (QED) is 0.908. The average Bonchev–Trinajstić information content (AvgIpc) is 2.58. The van der Waals surface area contributed by atoms with Crippen LogP contribution in [0.25, 0.3) is 0 Å². The number of rotatable bonds is 5. The van der Waals surface area contributed by atoms with Crippen LogP contribution in [0.1, 0.15) is 44.9 Å². The second-order valence-electron chi connectivity index (χ2n) is 6.98. The van der Waals surface area contributed by atoms with Crippen molar-refractivity contribution < 1.29 is 9.53 Å². The van der Waals surface area contributed by atoms with Crippen LogP contribution in [0.4, 0.5) is 0 Å². The molecule has 0 spiro atoms. The molecule has 1 saturated carbocycles. The number of carbonyl (C=O) groups is 1. The van der Waals surface area contributed by atoms with Crippen molar-refractivity contribution in [3.8, 4) is 5.75 Å². The van der Waals surface area contributed by atoms with Crippen molar-refractivity contribution in [2.24, 2.45) is 11.7 Å². The maximum atomic E-state index is 11.5. The molecule has 1 aromatic carbocycles. The van der Waals surface area contributed by atoms with E-state index in [-0.39, 0.29) is 17.9 Å². The third-order valence-corrected chi connectivity index (χ3v) is 5.28. The Hall–Kier alpha value is -1.55. The molecule has 1 aromatic rings. The van der Waals surface area contributed by atoms with Gasteiger partial charge in [-0.15, -0.1) is 0 Å². The molecule has 4 nitrogen and oxygen atoms in total. The first-order valence-corrected chi connectivity index (χ1v) is 8.96. The highest BCUT2D eigenvalue weighted by Gasteiger charge is 2.35. The molecular weight excluding hydrogens is 288 g/mol. The summed E-state index contributed by atoms with van der Waals surface area (Å²) in [5.41, 5.74) is 5.49. The lowest BCUT2D eigenvalue weighted by atomic mass is 9.87. The Morgan fingerprint density at radius 3 is 2.57 bits per heavy atom. The zero-order valence-corrected chi connectivity index (χ0v) is 13.8. The Balaban J connectivity index is 1.64. The van der Waals surface area contributed by atoms with Gasteiger partial charge in [-0.2, -0.15) is 0 Å². The van der Waals surface area contributed by atoms with Crippen LogP contribution in [0, 0.1) is 5.92 Å². The molecule has 0 unspecified atom stereocenters. The van der Waals surface area contributed by atoms with Gasteiger partial charge in [-0.05, 0) is 31.4 Å². The van der Waals surface area contributed by atoms with Gasteiger partial charge >= 0.3 is 0 Å². The second kappa shape index (κ2) is 7.82. The standard InChI is InChI=1S/C19H28N2O2/c20-19(22)13-15-14-21(16-7-3-1-4-8-16)12-11-18(15)23-17-9-5-2-6-10-17/h2,5-6,9-10,15-16,18H,1,3-4,7-8,11-14H2,(H2,20,22)/t15-,18-/m1/s1. The first-order chi connectivity index (χ1) is 11.2. The summed E-state index contributed by atoms with van der Waals surface area (Å²) in [7, 11) is 0. The van der Waals surface area contributed by atoms with E-state index in [9.17, 15) is 4.79 Å². The molecule has 1 saturated heterocycles. The summed E-state index contributed by atoms with van der Waals surface area (Å²) in [5, 5.41) is 0. The molecule has 0 aromatic heterocycles. The number of hydrogen-bond acceptors (Lipinski definition) is 3. The van der Waals surface area contributed by atoms with Gasteiger partial charge in [0.25, 0.3) is 0 Å². The van der Waals surface area contributed by atoms with Crippen molar-refractivity contribution in [2.45, 2.75) is 57.1 Å². The van der Waals surface area contributed by atoms with Crippen LogP contribution in [0.5, 0.6) is 5.75 Å². The number of likely N-dealkylation sites (tertiary alicyclic amines) is 1. The normalized spacial score (nSPS) is 26.8. The molecule has 23 heavy (non-hydrogen) atoms. The van der Waals surface area contributed by atoms with Gasteiger partial charge in [0, 0.05) is 31.5 Å². The topological polar surface area (TPSA) is 55.6 Å². The van der Waals surface area contributed by atoms with Gasteiger partial charge in [-0.1, -0.05) is 37.5 Å². The SMILES string of the molecule is NC(=O)C[C@@H]1CN(C2CCCCC2)CC[C@H]1Oc1ccccc1. The molecule has 1 aliphatic carbocycles. The van der Waals surface area contributed by atoms with Gasteiger partial charge in [0.15, 0.2) is 0 Å². The number of amides is 1. The molecule has 2 fully saturated rings. The van der Waals surface area contributed by atoms with Crippen LogP contribution in [0.3, 0.4) is 0 Å². The third kappa shape index (κ3) is 4.47. The van der Waals surface area contributed by atoms with Crippen LogP contribution in [-0.2, 0) is 4.79 Å². The molecule has 126 valence electrons. The monoisotopic (exact) mass is 316 g/mol. The van der Waals surface area contributed by atoms with E-state index in [1.807, 2.05) is 30.3 Å². The number of nitrogens with zero attached hydrogens (tertiary/aromatic N) is 1. The van der Waals surface area contributed by atoms with E-state index >= 15 is 0 Å². The maximum Gasteiger partial charge on any atom is 0.217 e. The van der Waals surface area contributed by atoms with E-state index < -0.39 is 0 Å². The van der Waals surface area contributed by atoms with Gasteiger partial charge in [-0.25, -0.2) is 0 Å². The lowest BCUT2D eigenvalue weighted by molar-refractivity contribution is -0.120. The van der Waals surface area contributed by atoms with Gasteiger partial charge in [-0.3, -0.25) is 9.69 Å². The predicted molar refractivity (Wildman–Crippen MR) is 91.2 cm³/mol. The summed E-state index contributed by atoms with van der Waals surface area (Å²) >= 11 is 0. The van der Waals surface area contributed by atoms with Gasteiger partial charge in [0.05, 0.1) is 0 Å². The van der Waals surface area contributed by atoms with Crippen molar-refractivity contribution in [1.82, 2.24) is 4.90 Å². The number of para-hydroxylation sites is 1. The number of hydrogen-bond donors (Lipinski definition) is 1. The zero-order valence-electron chi connectivity index (χ0n) is 13.8. The van der Waals surface area contributed by atoms with Crippen LogP contribution in [0.2, 0.25) is 0 Å². The van der Waals surface area contributed by atoms with Crippen molar-refractivity contribution in [2.75, 3.05) is 13.1 Å². The van der Waals surface area contributed by atoms with E-state index in [1.165, 1.54) is 32.1 Å². The molecule has 4 heteroatoms. The molecule has 1 aliphatic heterocycles. The average molecular weight is 316 g/mol. The zero-order chi connectivity index (χ0) is 16.1. The maximum absolute atomic E-state index is 11.5. The van der Waals surface area contributed by atoms with E-state index in [4.69, 9.17) is 10.5 Å². The fraction of sp³-hybridized carbons (Fsp3) is 0.632. The van der Waals surface area contributed by atoms with E-state index in [1.54, 1.807) is 0 Å². The van der Waals surface area contributed by atoms with Crippen LogP contribution >= 0.6 is 0 Å². The summed E-state index contributed by atoms with van der Waals surface area (Å²) in [6.07, 6.45) is 8.13. The van der Waals surface area contributed by atoms with Crippen LogP contribution < -0.4 is 10.5 Å². The number of ether oxygens (including phenoxy) is 1. The Morgan fingerprint density at radius 2 is 1.87 bits per heavy atom.